The van der Waals surface area contributed by atoms with Crippen LogP contribution in [0.1, 0.15) is 5.69 Å². The second kappa shape index (κ2) is 6.46. The van der Waals surface area contributed by atoms with Crippen molar-refractivity contribution in [3.63, 3.8) is 0 Å². The van der Waals surface area contributed by atoms with Gasteiger partial charge in [0.15, 0.2) is 0 Å². The maximum Gasteiger partial charge on any atom is 0.223 e. The first kappa shape index (κ1) is 15.8. The van der Waals surface area contributed by atoms with E-state index < -0.39 is 21.8 Å². The second-order valence-corrected chi connectivity index (χ2v) is 7.13. The molecule has 2 heterocycles. The summed E-state index contributed by atoms with van der Waals surface area (Å²) in [7, 11) is -3.34. The topological polar surface area (TPSA) is 109 Å². The minimum absolute atomic E-state index is 0.130. The van der Waals surface area contributed by atoms with Crippen molar-refractivity contribution in [3.8, 4) is 0 Å². The highest BCUT2D eigenvalue weighted by atomic mass is 32.2. The van der Waals surface area contributed by atoms with Crippen molar-refractivity contribution in [1.29, 1.82) is 0 Å². The molecule has 0 radical (unpaired) electrons. The molecule has 0 spiro atoms. The molecule has 1 amide bonds. The van der Waals surface area contributed by atoms with Crippen LogP contribution in [0.2, 0.25) is 0 Å². The Balaban J connectivity index is 2.12. The van der Waals surface area contributed by atoms with E-state index in [1.54, 1.807) is 18.6 Å². The van der Waals surface area contributed by atoms with E-state index in [1.165, 1.54) is 4.31 Å². The normalized spacial score (nSPS) is 21.9. The SMILES string of the molecule is CS(=O)(=O)N1CCN(Cc2cnccn2)C[C@@H](C(N)=O)C1. The lowest BCUT2D eigenvalue weighted by Gasteiger charge is -2.21. The van der Waals surface area contributed by atoms with E-state index in [9.17, 15) is 13.2 Å². The van der Waals surface area contributed by atoms with E-state index in [1.807, 2.05) is 4.90 Å². The van der Waals surface area contributed by atoms with Gasteiger partial charge >= 0.3 is 0 Å². The lowest BCUT2D eigenvalue weighted by molar-refractivity contribution is -0.122. The number of nitrogens with two attached hydrogens (primary N) is 1. The Morgan fingerprint density at radius 3 is 2.71 bits per heavy atom. The quantitative estimate of drug-likeness (QED) is 0.736. The first-order valence-corrected chi connectivity index (χ1v) is 8.43. The van der Waals surface area contributed by atoms with Gasteiger partial charge in [-0.2, -0.15) is 0 Å². The Hall–Kier alpha value is -1.58. The minimum atomic E-state index is -3.34. The number of primary amides is 1. The summed E-state index contributed by atoms with van der Waals surface area (Å²) in [6.45, 7) is 1.91. The fourth-order valence-corrected chi connectivity index (χ4v) is 3.18. The van der Waals surface area contributed by atoms with Crippen molar-refractivity contribution in [1.82, 2.24) is 19.2 Å². The second-order valence-electron chi connectivity index (χ2n) is 5.15. The summed E-state index contributed by atoms with van der Waals surface area (Å²) in [5.41, 5.74) is 6.15. The summed E-state index contributed by atoms with van der Waals surface area (Å²) in [5, 5.41) is 0. The molecule has 0 aromatic carbocycles. The third-order valence-corrected chi connectivity index (χ3v) is 4.71. The largest absolute Gasteiger partial charge is 0.369 e. The number of carbonyl (C=O) groups excluding carboxylic acids is 1. The molecule has 2 rings (SSSR count). The van der Waals surface area contributed by atoms with Crippen LogP contribution in [-0.4, -0.2) is 65.9 Å². The highest BCUT2D eigenvalue weighted by Crippen LogP contribution is 2.14. The van der Waals surface area contributed by atoms with Gasteiger partial charge in [0, 0.05) is 51.3 Å². The Morgan fingerprint density at radius 1 is 1.38 bits per heavy atom. The lowest BCUT2D eigenvalue weighted by Crippen LogP contribution is -2.40. The molecule has 0 saturated carbocycles. The molecule has 116 valence electrons. The first-order chi connectivity index (χ1) is 9.86. The van der Waals surface area contributed by atoms with Crippen LogP contribution in [0, 0.1) is 5.92 Å². The number of carbonyl (C=O) groups is 1. The highest BCUT2D eigenvalue weighted by molar-refractivity contribution is 7.88. The van der Waals surface area contributed by atoms with Gasteiger partial charge in [0.25, 0.3) is 0 Å². The van der Waals surface area contributed by atoms with Gasteiger partial charge in [-0.1, -0.05) is 0 Å². The van der Waals surface area contributed by atoms with E-state index in [2.05, 4.69) is 9.97 Å². The van der Waals surface area contributed by atoms with Crippen LogP contribution in [0.4, 0.5) is 0 Å². The van der Waals surface area contributed by atoms with Crippen LogP contribution < -0.4 is 5.73 Å². The predicted molar refractivity (Wildman–Crippen MR) is 76.4 cm³/mol. The molecule has 1 atom stereocenters. The fraction of sp³-hybridized carbons (Fsp3) is 0.583. The number of nitrogens with zero attached hydrogens (tertiary/aromatic N) is 4. The van der Waals surface area contributed by atoms with Gasteiger partial charge in [-0.05, 0) is 0 Å². The van der Waals surface area contributed by atoms with Crippen LogP contribution in [-0.2, 0) is 21.4 Å². The van der Waals surface area contributed by atoms with Crippen molar-refractivity contribution in [2.24, 2.45) is 11.7 Å². The highest BCUT2D eigenvalue weighted by Gasteiger charge is 2.30. The molecule has 8 nitrogen and oxygen atoms in total. The Morgan fingerprint density at radius 2 is 2.14 bits per heavy atom. The smallest absolute Gasteiger partial charge is 0.223 e. The molecule has 1 aliphatic heterocycles. The van der Waals surface area contributed by atoms with Crippen LogP contribution in [0.25, 0.3) is 0 Å². The maximum absolute atomic E-state index is 11.7. The number of rotatable bonds is 4. The number of hydrogen-bond donors (Lipinski definition) is 1. The van der Waals surface area contributed by atoms with E-state index in [0.29, 0.717) is 26.2 Å². The van der Waals surface area contributed by atoms with Crippen molar-refractivity contribution in [3.05, 3.63) is 24.3 Å². The van der Waals surface area contributed by atoms with Gasteiger partial charge < -0.3 is 5.73 Å². The molecule has 9 heteroatoms. The summed E-state index contributed by atoms with van der Waals surface area (Å²) in [5.74, 6) is -1.02. The zero-order valence-corrected chi connectivity index (χ0v) is 12.7. The molecule has 1 aromatic heterocycles. The molecule has 1 aliphatic rings. The minimum Gasteiger partial charge on any atom is -0.369 e. The van der Waals surface area contributed by atoms with Gasteiger partial charge in [-0.3, -0.25) is 19.7 Å². The van der Waals surface area contributed by atoms with Crippen LogP contribution in [0.5, 0.6) is 0 Å². The Kier molecular flexibility index (Phi) is 4.86. The van der Waals surface area contributed by atoms with Crippen molar-refractivity contribution >= 4 is 15.9 Å². The standard InChI is InChI=1S/C12H19N5O3S/c1-21(19,20)17-5-4-16(7-10(8-17)12(13)18)9-11-6-14-2-3-15-11/h2-3,6,10H,4-5,7-9H2,1H3,(H2,13,18)/t10-/m1/s1. The zero-order valence-electron chi connectivity index (χ0n) is 11.8. The molecular weight excluding hydrogens is 294 g/mol. The van der Waals surface area contributed by atoms with E-state index in [4.69, 9.17) is 5.73 Å². The van der Waals surface area contributed by atoms with Gasteiger partial charge in [0.05, 0.1) is 17.9 Å². The summed E-state index contributed by atoms with van der Waals surface area (Å²) in [6.07, 6.45) is 5.98. The van der Waals surface area contributed by atoms with Crippen molar-refractivity contribution in [2.45, 2.75) is 6.54 Å². The summed E-state index contributed by atoms with van der Waals surface area (Å²) >= 11 is 0. The number of sulfonamides is 1. The Bertz CT molecular complexity index is 592. The van der Waals surface area contributed by atoms with Crippen molar-refractivity contribution < 1.29 is 13.2 Å². The average Bonchev–Trinajstić information content (AvgIpc) is 2.62. The molecule has 21 heavy (non-hydrogen) atoms. The summed E-state index contributed by atoms with van der Waals surface area (Å²) in [4.78, 5) is 21.7. The first-order valence-electron chi connectivity index (χ1n) is 6.58. The third-order valence-electron chi connectivity index (χ3n) is 3.44. The monoisotopic (exact) mass is 313 g/mol. The van der Waals surface area contributed by atoms with E-state index in [-0.39, 0.29) is 6.54 Å². The van der Waals surface area contributed by atoms with E-state index in [0.717, 1.165) is 11.9 Å². The predicted octanol–water partition coefficient (Wildman–Crippen LogP) is -1.34. The molecule has 1 fully saturated rings. The Labute approximate surface area is 124 Å². The number of hydrogen-bond acceptors (Lipinski definition) is 6. The number of amides is 1. The van der Waals surface area contributed by atoms with Crippen molar-refractivity contribution in [2.75, 3.05) is 32.4 Å². The summed E-state index contributed by atoms with van der Waals surface area (Å²) < 4.78 is 24.7. The maximum atomic E-state index is 11.7. The molecule has 1 aromatic rings. The van der Waals surface area contributed by atoms with Crippen LogP contribution in [0.3, 0.4) is 0 Å². The van der Waals surface area contributed by atoms with Gasteiger partial charge in [0.1, 0.15) is 0 Å². The van der Waals surface area contributed by atoms with Gasteiger partial charge in [-0.15, -0.1) is 0 Å². The molecule has 1 saturated heterocycles. The molecule has 0 aliphatic carbocycles. The molecule has 2 N–H and O–H groups in total. The molecular formula is C12H19N5O3S. The average molecular weight is 313 g/mol. The molecule has 0 unspecified atom stereocenters. The van der Waals surface area contributed by atoms with Gasteiger partial charge in [-0.25, -0.2) is 12.7 Å². The summed E-state index contributed by atoms with van der Waals surface area (Å²) in [6, 6.07) is 0. The number of aromatic nitrogens is 2. The van der Waals surface area contributed by atoms with Crippen LogP contribution in [0.15, 0.2) is 18.6 Å². The van der Waals surface area contributed by atoms with Gasteiger partial charge in [0.2, 0.25) is 15.9 Å². The molecule has 0 bridgehead atoms. The third kappa shape index (κ3) is 4.45. The van der Waals surface area contributed by atoms with E-state index >= 15 is 0 Å². The van der Waals surface area contributed by atoms with Crippen LogP contribution >= 0.6 is 0 Å². The fourth-order valence-electron chi connectivity index (χ4n) is 2.32. The zero-order chi connectivity index (χ0) is 15.5. The lowest BCUT2D eigenvalue weighted by atomic mass is 10.1.